The highest BCUT2D eigenvalue weighted by molar-refractivity contribution is 5.81. The van der Waals surface area contributed by atoms with Gasteiger partial charge in [-0.25, -0.2) is 0 Å². The van der Waals surface area contributed by atoms with Crippen molar-refractivity contribution in [3.8, 4) is 0 Å². The summed E-state index contributed by atoms with van der Waals surface area (Å²) in [5, 5.41) is 0. The van der Waals surface area contributed by atoms with Gasteiger partial charge in [0.05, 0.1) is 12.5 Å². The van der Waals surface area contributed by atoms with Crippen molar-refractivity contribution in [3.05, 3.63) is 0 Å². The molecule has 0 aliphatic carbocycles. The van der Waals surface area contributed by atoms with Crippen LogP contribution in [0, 0.1) is 5.92 Å². The van der Waals surface area contributed by atoms with Crippen molar-refractivity contribution in [3.63, 3.8) is 0 Å². The predicted molar refractivity (Wildman–Crippen MR) is 204 cm³/mol. The molecule has 0 bridgehead atoms. The maximum atomic E-state index is 13.2. The van der Waals surface area contributed by atoms with Crippen LogP contribution in [0.25, 0.3) is 0 Å². The third kappa shape index (κ3) is 33.4. The van der Waals surface area contributed by atoms with Crippen molar-refractivity contribution in [2.45, 2.75) is 252 Å². The zero-order valence-electron chi connectivity index (χ0n) is 32.7. The number of unbranched alkanes of at least 4 members (excludes halogenated alkanes) is 25. The van der Waals surface area contributed by atoms with Crippen LogP contribution in [0.1, 0.15) is 240 Å². The molecule has 47 heavy (non-hydrogen) atoms. The second-order valence-corrected chi connectivity index (χ2v) is 15.1. The molecule has 0 aliphatic rings. The fourth-order valence-electron chi connectivity index (χ4n) is 6.53. The highest BCUT2D eigenvalue weighted by Gasteiger charge is 2.22. The Kier molecular flexibility index (Phi) is 35.7. The Bertz CT molecular complexity index is 660. The van der Waals surface area contributed by atoms with Crippen LogP contribution in [0.5, 0.6) is 0 Å². The number of hydrogen-bond acceptors (Lipinski definition) is 4. The molecule has 280 valence electrons. The Morgan fingerprint density at radius 1 is 0.426 bits per heavy atom. The third-order valence-electron chi connectivity index (χ3n) is 9.88. The van der Waals surface area contributed by atoms with E-state index >= 15 is 0 Å². The molecule has 0 spiro atoms. The number of ketones is 1. The summed E-state index contributed by atoms with van der Waals surface area (Å²) in [6.45, 7) is 11.4. The second-order valence-electron chi connectivity index (χ2n) is 15.1. The van der Waals surface area contributed by atoms with Gasteiger partial charge >= 0.3 is 5.97 Å². The maximum Gasteiger partial charge on any atom is 0.308 e. The number of Topliss-reactive ketones (excluding diaryl/α,β-unsaturated/α-hetero) is 1. The molecular weight excluding hydrogens is 580 g/mol. The first kappa shape index (κ1) is 46.1. The standard InChI is InChI=1S/C43H84O4/c1-6-9-12-15-18-21-24-27-30-33-36-46-40(34-31-28-25-22-19-16-13-10-7-2)38-43(45)47-41(37-42(44)39(4)5)35-32-29-26-23-20-17-14-11-8-3/h39-41H,6-38H2,1-5H3/t40-,41-/m0/s1. The van der Waals surface area contributed by atoms with Crippen molar-refractivity contribution < 1.29 is 19.1 Å². The Balaban J connectivity index is 4.69. The van der Waals surface area contributed by atoms with Crippen LogP contribution in [0.2, 0.25) is 0 Å². The summed E-state index contributed by atoms with van der Waals surface area (Å²) in [5.41, 5.74) is 0. The first-order valence-corrected chi connectivity index (χ1v) is 21.3. The van der Waals surface area contributed by atoms with E-state index in [9.17, 15) is 9.59 Å². The Labute approximate surface area is 295 Å². The normalized spacial score (nSPS) is 12.9. The van der Waals surface area contributed by atoms with Gasteiger partial charge in [0.15, 0.2) is 0 Å². The largest absolute Gasteiger partial charge is 0.462 e. The molecule has 0 rings (SSSR count). The number of rotatable bonds is 38. The molecule has 0 aromatic rings. The molecular formula is C43H84O4. The SMILES string of the molecule is CCCCCCCCCCCCO[C@@H](CCCCCCCCCCC)CC(=O)O[C@@H](CCCCCCCCCCC)CC(=O)C(C)C. The van der Waals surface area contributed by atoms with Crippen molar-refractivity contribution in [1.82, 2.24) is 0 Å². The topological polar surface area (TPSA) is 52.6 Å². The lowest BCUT2D eigenvalue weighted by Gasteiger charge is -2.21. The van der Waals surface area contributed by atoms with Gasteiger partial charge in [-0.2, -0.15) is 0 Å². The van der Waals surface area contributed by atoms with E-state index < -0.39 is 0 Å². The van der Waals surface area contributed by atoms with E-state index in [2.05, 4.69) is 20.8 Å². The van der Waals surface area contributed by atoms with Crippen LogP contribution in [-0.2, 0) is 19.1 Å². The van der Waals surface area contributed by atoms with Crippen LogP contribution in [0.3, 0.4) is 0 Å². The van der Waals surface area contributed by atoms with Gasteiger partial charge in [0, 0.05) is 18.9 Å². The number of carbonyl (C=O) groups excluding carboxylic acids is 2. The first-order chi connectivity index (χ1) is 22.9. The van der Waals surface area contributed by atoms with Crippen molar-refractivity contribution in [1.29, 1.82) is 0 Å². The lowest BCUT2D eigenvalue weighted by atomic mass is 9.98. The number of ether oxygens (including phenoxy) is 2. The summed E-state index contributed by atoms with van der Waals surface area (Å²) in [6, 6.07) is 0. The molecule has 4 heteroatoms. The molecule has 4 nitrogen and oxygen atoms in total. The molecule has 0 aromatic carbocycles. The molecule has 0 N–H and O–H groups in total. The van der Waals surface area contributed by atoms with Crippen LogP contribution in [0.15, 0.2) is 0 Å². The number of esters is 1. The van der Waals surface area contributed by atoms with Gasteiger partial charge in [-0.1, -0.05) is 202 Å². The van der Waals surface area contributed by atoms with Gasteiger partial charge in [-0.15, -0.1) is 0 Å². The lowest BCUT2D eigenvalue weighted by Crippen LogP contribution is -2.27. The molecule has 0 aromatic heterocycles. The second kappa shape index (κ2) is 36.4. The minimum absolute atomic E-state index is 0.0249. The molecule has 0 radical (unpaired) electrons. The Hall–Kier alpha value is -0.900. The Morgan fingerprint density at radius 2 is 0.766 bits per heavy atom. The van der Waals surface area contributed by atoms with Gasteiger partial charge in [0.1, 0.15) is 11.9 Å². The highest BCUT2D eigenvalue weighted by Crippen LogP contribution is 2.20. The van der Waals surface area contributed by atoms with Crippen molar-refractivity contribution in [2.24, 2.45) is 5.92 Å². The fraction of sp³-hybridized carbons (Fsp3) is 0.953. The maximum absolute atomic E-state index is 13.2. The molecule has 0 unspecified atom stereocenters. The van der Waals surface area contributed by atoms with Crippen LogP contribution in [0.4, 0.5) is 0 Å². The van der Waals surface area contributed by atoms with Gasteiger partial charge in [-0.05, 0) is 25.7 Å². The quantitative estimate of drug-likeness (QED) is 0.0487. The molecule has 2 atom stereocenters. The fourth-order valence-corrected chi connectivity index (χ4v) is 6.53. The monoisotopic (exact) mass is 665 g/mol. The van der Waals surface area contributed by atoms with E-state index in [0.29, 0.717) is 12.8 Å². The van der Waals surface area contributed by atoms with E-state index in [1.54, 1.807) is 0 Å². The molecule has 0 saturated heterocycles. The van der Waals surface area contributed by atoms with Crippen LogP contribution in [-0.4, -0.2) is 30.6 Å². The Morgan fingerprint density at radius 3 is 1.15 bits per heavy atom. The van der Waals surface area contributed by atoms with Crippen molar-refractivity contribution in [2.75, 3.05) is 6.61 Å². The predicted octanol–water partition coefficient (Wildman–Crippen LogP) is 14.1. The minimum atomic E-state index is -0.294. The molecule has 0 saturated carbocycles. The smallest absolute Gasteiger partial charge is 0.308 e. The van der Waals surface area contributed by atoms with Gasteiger partial charge in [0.2, 0.25) is 0 Å². The number of hydrogen-bond donors (Lipinski definition) is 0. The lowest BCUT2D eigenvalue weighted by molar-refractivity contribution is -0.154. The number of carbonyl (C=O) groups is 2. The zero-order chi connectivity index (χ0) is 34.6. The van der Waals surface area contributed by atoms with Crippen LogP contribution >= 0.6 is 0 Å². The molecule has 0 fully saturated rings. The van der Waals surface area contributed by atoms with Gasteiger partial charge < -0.3 is 9.47 Å². The van der Waals surface area contributed by atoms with E-state index in [-0.39, 0.29) is 29.9 Å². The summed E-state index contributed by atoms with van der Waals surface area (Å²) < 4.78 is 12.4. The van der Waals surface area contributed by atoms with Gasteiger partial charge in [0.25, 0.3) is 0 Å². The summed E-state index contributed by atoms with van der Waals surface area (Å²) in [4.78, 5) is 25.9. The third-order valence-corrected chi connectivity index (χ3v) is 9.88. The van der Waals surface area contributed by atoms with E-state index in [1.807, 2.05) is 13.8 Å². The average Bonchev–Trinajstić information content (AvgIpc) is 3.05. The van der Waals surface area contributed by atoms with Gasteiger partial charge in [-0.3, -0.25) is 9.59 Å². The van der Waals surface area contributed by atoms with Crippen molar-refractivity contribution >= 4 is 11.8 Å². The zero-order valence-corrected chi connectivity index (χ0v) is 32.7. The minimum Gasteiger partial charge on any atom is -0.462 e. The molecule has 0 heterocycles. The van der Waals surface area contributed by atoms with E-state index in [4.69, 9.17) is 9.47 Å². The molecule has 0 aliphatic heterocycles. The average molecular weight is 665 g/mol. The van der Waals surface area contributed by atoms with Crippen LogP contribution < -0.4 is 0 Å². The summed E-state index contributed by atoms with van der Waals surface area (Å²) >= 11 is 0. The van der Waals surface area contributed by atoms with E-state index in [0.717, 1.165) is 45.1 Å². The summed E-state index contributed by atoms with van der Waals surface area (Å²) in [7, 11) is 0. The molecule has 0 amide bonds. The highest BCUT2D eigenvalue weighted by atomic mass is 16.5. The summed E-state index contributed by atoms with van der Waals surface area (Å²) in [5.74, 6) is -0.00300. The summed E-state index contributed by atoms with van der Waals surface area (Å²) in [6.07, 6.45) is 38.2. The van der Waals surface area contributed by atoms with E-state index in [1.165, 1.54) is 154 Å². The first-order valence-electron chi connectivity index (χ1n) is 21.3.